The molecule has 2 nitrogen and oxygen atoms in total. The monoisotopic (exact) mass is 138 g/mol. The highest BCUT2D eigenvalue weighted by Gasteiger charge is 2.24. The summed E-state index contributed by atoms with van der Waals surface area (Å²) < 4.78 is 0. The minimum atomic E-state index is 0.00521. The molecule has 0 saturated carbocycles. The van der Waals surface area contributed by atoms with Crippen LogP contribution in [0, 0.1) is 5.92 Å². The van der Waals surface area contributed by atoms with Crippen molar-refractivity contribution in [3.63, 3.8) is 0 Å². The highest BCUT2D eigenvalue weighted by molar-refractivity contribution is 5.58. The average Bonchev–Trinajstić information content (AvgIpc) is 1.89. The van der Waals surface area contributed by atoms with Gasteiger partial charge in [0.1, 0.15) is 0 Å². The summed E-state index contributed by atoms with van der Waals surface area (Å²) in [6.45, 7) is 6.48. The van der Waals surface area contributed by atoms with Crippen molar-refractivity contribution in [1.82, 2.24) is 5.32 Å². The zero-order chi connectivity index (χ0) is 7.61. The molecule has 0 spiro atoms. The van der Waals surface area contributed by atoms with E-state index in [9.17, 15) is 0 Å². The van der Waals surface area contributed by atoms with Crippen LogP contribution >= 0.6 is 0 Å². The van der Waals surface area contributed by atoms with Crippen LogP contribution in [0.15, 0.2) is 17.3 Å². The molecule has 1 atom stereocenters. The van der Waals surface area contributed by atoms with Gasteiger partial charge in [-0.1, -0.05) is 13.8 Å². The predicted octanol–water partition coefficient (Wildman–Crippen LogP) is 1.55. The molecule has 2 heteroatoms. The Labute approximate surface area is 62.0 Å². The average molecular weight is 138 g/mol. The van der Waals surface area contributed by atoms with Gasteiger partial charge in [0.05, 0.1) is 11.9 Å². The van der Waals surface area contributed by atoms with E-state index < -0.39 is 0 Å². The molecule has 0 aromatic rings. The van der Waals surface area contributed by atoms with Crippen molar-refractivity contribution in [3.8, 4) is 0 Å². The van der Waals surface area contributed by atoms with E-state index in [0.717, 1.165) is 0 Å². The van der Waals surface area contributed by atoms with Crippen LogP contribution in [-0.2, 0) is 0 Å². The van der Waals surface area contributed by atoms with Gasteiger partial charge >= 0.3 is 0 Å². The molecule has 1 aliphatic rings. The van der Waals surface area contributed by atoms with Crippen molar-refractivity contribution in [2.75, 3.05) is 0 Å². The fraction of sp³-hybridized carbons (Fsp3) is 0.625. The Morgan fingerprint density at radius 1 is 1.50 bits per heavy atom. The molecule has 56 valence electrons. The van der Waals surface area contributed by atoms with Crippen LogP contribution in [-0.4, -0.2) is 11.9 Å². The van der Waals surface area contributed by atoms with E-state index in [4.69, 9.17) is 0 Å². The number of aliphatic imine (C=N–C) groups is 1. The van der Waals surface area contributed by atoms with E-state index in [2.05, 4.69) is 37.2 Å². The van der Waals surface area contributed by atoms with E-state index in [-0.39, 0.29) is 5.54 Å². The molecular formula is C8H14N2. The molecule has 10 heavy (non-hydrogen) atoms. The largest absolute Gasteiger partial charge is 0.353 e. The van der Waals surface area contributed by atoms with Crippen molar-refractivity contribution in [2.24, 2.45) is 10.9 Å². The van der Waals surface area contributed by atoms with Gasteiger partial charge < -0.3 is 5.32 Å². The lowest BCUT2D eigenvalue weighted by Crippen LogP contribution is -2.30. The van der Waals surface area contributed by atoms with Gasteiger partial charge in [-0.2, -0.15) is 0 Å². The van der Waals surface area contributed by atoms with Crippen LogP contribution in [0.3, 0.4) is 0 Å². The van der Waals surface area contributed by atoms with E-state index >= 15 is 0 Å². The van der Waals surface area contributed by atoms with Crippen LogP contribution in [0.5, 0.6) is 0 Å². The quantitative estimate of drug-likeness (QED) is 0.584. The third-order valence-electron chi connectivity index (χ3n) is 2.10. The summed E-state index contributed by atoms with van der Waals surface area (Å²) in [5.41, 5.74) is 0.00521. The molecule has 0 aliphatic carbocycles. The van der Waals surface area contributed by atoms with Crippen molar-refractivity contribution in [3.05, 3.63) is 12.3 Å². The lowest BCUT2D eigenvalue weighted by Gasteiger charge is -2.27. The van der Waals surface area contributed by atoms with Crippen LogP contribution in [0.4, 0.5) is 0 Å². The zero-order valence-electron chi connectivity index (χ0n) is 6.76. The SMILES string of the molecule is CC(C)C1(C)C=CNC=N1. The highest BCUT2D eigenvalue weighted by atomic mass is 15.0. The van der Waals surface area contributed by atoms with Gasteiger partial charge in [-0.05, 0) is 18.9 Å². The van der Waals surface area contributed by atoms with Crippen LogP contribution in [0.2, 0.25) is 0 Å². The summed E-state index contributed by atoms with van der Waals surface area (Å²) in [6, 6.07) is 0. The molecule has 1 N–H and O–H groups in total. The second kappa shape index (κ2) is 2.45. The first kappa shape index (κ1) is 7.32. The maximum absolute atomic E-state index is 4.34. The van der Waals surface area contributed by atoms with E-state index in [1.54, 1.807) is 6.34 Å². The zero-order valence-corrected chi connectivity index (χ0v) is 6.76. The maximum atomic E-state index is 4.34. The molecule has 1 heterocycles. The lowest BCUT2D eigenvalue weighted by molar-refractivity contribution is 0.419. The fourth-order valence-corrected chi connectivity index (χ4v) is 0.821. The summed E-state index contributed by atoms with van der Waals surface area (Å²) in [6.07, 6.45) is 5.78. The summed E-state index contributed by atoms with van der Waals surface area (Å²) in [7, 11) is 0. The normalized spacial score (nSPS) is 30.8. The van der Waals surface area contributed by atoms with Gasteiger partial charge in [0, 0.05) is 6.20 Å². The second-order valence-electron chi connectivity index (χ2n) is 3.14. The van der Waals surface area contributed by atoms with Crippen LogP contribution in [0.25, 0.3) is 0 Å². The molecule has 0 amide bonds. The molecule has 1 unspecified atom stereocenters. The Morgan fingerprint density at radius 3 is 2.50 bits per heavy atom. The van der Waals surface area contributed by atoms with Gasteiger partial charge in [0.2, 0.25) is 0 Å². The van der Waals surface area contributed by atoms with Crippen molar-refractivity contribution >= 4 is 6.34 Å². The van der Waals surface area contributed by atoms with Gasteiger partial charge in [-0.25, -0.2) is 0 Å². The molecule has 0 aromatic heterocycles. The first-order valence-electron chi connectivity index (χ1n) is 3.62. The van der Waals surface area contributed by atoms with Gasteiger partial charge in [0.15, 0.2) is 0 Å². The van der Waals surface area contributed by atoms with Crippen LogP contribution in [0.1, 0.15) is 20.8 Å². The first-order valence-corrected chi connectivity index (χ1v) is 3.62. The summed E-state index contributed by atoms with van der Waals surface area (Å²) >= 11 is 0. The molecule has 0 radical (unpaired) electrons. The molecule has 0 fully saturated rings. The Balaban J connectivity index is 2.75. The summed E-state index contributed by atoms with van der Waals surface area (Å²) in [5, 5.41) is 2.92. The number of nitrogens with zero attached hydrogens (tertiary/aromatic N) is 1. The molecule has 0 aromatic carbocycles. The number of hydrogen-bond acceptors (Lipinski definition) is 2. The second-order valence-corrected chi connectivity index (χ2v) is 3.14. The molecule has 0 saturated heterocycles. The molecular weight excluding hydrogens is 124 g/mol. The first-order chi connectivity index (χ1) is 4.65. The summed E-state index contributed by atoms with van der Waals surface area (Å²) in [4.78, 5) is 4.34. The maximum Gasteiger partial charge on any atom is 0.0874 e. The fourth-order valence-electron chi connectivity index (χ4n) is 0.821. The predicted molar refractivity (Wildman–Crippen MR) is 44.0 cm³/mol. The third-order valence-corrected chi connectivity index (χ3v) is 2.10. The lowest BCUT2D eigenvalue weighted by atomic mass is 9.89. The standard InChI is InChI=1S/C8H14N2/c1-7(2)8(3)4-5-9-6-10-8/h4-7H,1-3H3,(H,9,10). The Morgan fingerprint density at radius 2 is 2.20 bits per heavy atom. The highest BCUT2D eigenvalue weighted by Crippen LogP contribution is 2.23. The third kappa shape index (κ3) is 1.20. The Hall–Kier alpha value is -0.790. The van der Waals surface area contributed by atoms with Crippen LogP contribution < -0.4 is 5.32 Å². The molecule has 1 aliphatic heterocycles. The van der Waals surface area contributed by atoms with Gasteiger partial charge in [-0.15, -0.1) is 0 Å². The molecule has 1 rings (SSSR count). The number of rotatable bonds is 1. The number of nitrogens with one attached hydrogen (secondary N) is 1. The van der Waals surface area contributed by atoms with Crippen molar-refractivity contribution < 1.29 is 0 Å². The van der Waals surface area contributed by atoms with Gasteiger partial charge in [0.25, 0.3) is 0 Å². The van der Waals surface area contributed by atoms with E-state index in [1.165, 1.54) is 0 Å². The van der Waals surface area contributed by atoms with E-state index in [0.29, 0.717) is 5.92 Å². The number of hydrogen-bond donors (Lipinski definition) is 1. The van der Waals surface area contributed by atoms with Gasteiger partial charge in [-0.3, -0.25) is 4.99 Å². The molecule has 0 bridgehead atoms. The smallest absolute Gasteiger partial charge is 0.0874 e. The summed E-state index contributed by atoms with van der Waals surface area (Å²) in [5.74, 6) is 0.557. The Bertz CT molecular complexity index is 156. The van der Waals surface area contributed by atoms with Crippen molar-refractivity contribution in [2.45, 2.75) is 26.3 Å². The minimum Gasteiger partial charge on any atom is -0.353 e. The van der Waals surface area contributed by atoms with Crippen molar-refractivity contribution in [1.29, 1.82) is 0 Å². The van der Waals surface area contributed by atoms with E-state index in [1.807, 2.05) is 6.20 Å². The Kier molecular flexibility index (Phi) is 1.79. The minimum absolute atomic E-state index is 0.00521. The topological polar surface area (TPSA) is 24.4 Å².